The van der Waals surface area contributed by atoms with E-state index in [2.05, 4.69) is 5.32 Å². The standard InChI is InChI=1S/C19H23N3O4/c1-3-25-17-13-15(7-6-14(17)2)20-19(24)22-10-8-21(9-11-22)18(23)16-5-4-12-26-16/h4-7,12-13H,3,8-11H2,1-2H3,(H,20,24). The minimum absolute atomic E-state index is 0.144. The number of hydrogen-bond donors (Lipinski definition) is 1. The Kier molecular flexibility index (Phi) is 5.46. The number of anilines is 1. The topological polar surface area (TPSA) is 75.0 Å². The van der Waals surface area contributed by atoms with E-state index in [0.29, 0.717) is 44.2 Å². The van der Waals surface area contributed by atoms with Gasteiger partial charge in [-0.15, -0.1) is 0 Å². The summed E-state index contributed by atoms with van der Waals surface area (Å²) < 4.78 is 10.7. The fourth-order valence-electron chi connectivity index (χ4n) is 2.86. The van der Waals surface area contributed by atoms with Crippen LogP contribution in [-0.4, -0.2) is 54.5 Å². The van der Waals surface area contributed by atoms with Crippen molar-refractivity contribution < 1.29 is 18.7 Å². The van der Waals surface area contributed by atoms with Crippen molar-refractivity contribution in [2.75, 3.05) is 38.1 Å². The van der Waals surface area contributed by atoms with Gasteiger partial charge in [0.05, 0.1) is 12.9 Å². The summed E-state index contributed by atoms with van der Waals surface area (Å²) in [5.74, 6) is 0.945. The predicted octanol–water partition coefficient (Wildman–Crippen LogP) is 2.98. The lowest BCUT2D eigenvalue weighted by Crippen LogP contribution is -2.51. The maximum atomic E-state index is 12.5. The van der Waals surface area contributed by atoms with Gasteiger partial charge in [-0.05, 0) is 37.6 Å². The summed E-state index contributed by atoms with van der Waals surface area (Å²) in [7, 11) is 0. The van der Waals surface area contributed by atoms with E-state index in [1.54, 1.807) is 21.9 Å². The molecular weight excluding hydrogens is 334 g/mol. The summed E-state index contributed by atoms with van der Waals surface area (Å²) in [4.78, 5) is 28.1. The van der Waals surface area contributed by atoms with Crippen molar-refractivity contribution in [3.05, 3.63) is 47.9 Å². The molecule has 1 saturated heterocycles. The molecule has 1 fully saturated rings. The van der Waals surface area contributed by atoms with Gasteiger partial charge in [0.2, 0.25) is 0 Å². The first-order chi connectivity index (χ1) is 12.6. The lowest BCUT2D eigenvalue weighted by atomic mass is 10.2. The third-order valence-corrected chi connectivity index (χ3v) is 4.33. The molecule has 0 saturated carbocycles. The SMILES string of the molecule is CCOc1cc(NC(=O)N2CCN(C(=O)c3ccco3)CC2)ccc1C. The van der Waals surface area contributed by atoms with Crippen LogP contribution in [0.2, 0.25) is 0 Å². The molecular formula is C19H23N3O4. The Balaban J connectivity index is 1.55. The zero-order valence-electron chi connectivity index (χ0n) is 15.0. The molecule has 2 aromatic rings. The predicted molar refractivity (Wildman–Crippen MR) is 97.6 cm³/mol. The highest BCUT2D eigenvalue weighted by atomic mass is 16.5. The van der Waals surface area contributed by atoms with Crippen LogP contribution in [0.15, 0.2) is 41.0 Å². The smallest absolute Gasteiger partial charge is 0.321 e. The molecule has 0 radical (unpaired) electrons. The Labute approximate surface area is 152 Å². The molecule has 7 heteroatoms. The number of ether oxygens (including phenoxy) is 1. The van der Waals surface area contributed by atoms with E-state index in [1.165, 1.54) is 6.26 Å². The highest BCUT2D eigenvalue weighted by molar-refractivity contribution is 5.92. The van der Waals surface area contributed by atoms with Gasteiger partial charge in [0.1, 0.15) is 5.75 Å². The molecule has 138 valence electrons. The second kappa shape index (κ2) is 7.95. The summed E-state index contributed by atoms with van der Waals surface area (Å²) in [5, 5.41) is 2.89. The molecule has 0 bridgehead atoms. The number of carbonyl (C=O) groups excluding carboxylic acids is 2. The Morgan fingerprint density at radius 2 is 1.88 bits per heavy atom. The van der Waals surface area contributed by atoms with Crippen molar-refractivity contribution in [3.8, 4) is 5.75 Å². The molecule has 3 rings (SSSR count). The largest absolute Gasteiger partial charge is 0.494 e. The maximum absolute atomic E-state index is 12.5. The number of furan rings is 1. The number of piperazine rings is 1. The fourth-order valence-corrected chi connectivity index (χ4v) is 2.86. The number of benzene rings is 1. The van der Waals surface area contributed by atoms with Crippen LogP contribution in [-0.2, 0) is 0 Å². The highest BCUT2D eigenvalue weighted by Crippen LogP contribution is 2.23. The summed E-state index contributed by atoms with van der Waals surface area (Å²) in [5.41, 5.74) is 1.72. The molecule has 3 amide bonds. The fraction of sp³-hybridized carbons (Fsp3) is 0.368. The maximum Gasteiger partial charge on any atom is 0.321 e. The molecule has 0 unspecified atom stereocenters. The first kappa shape index (κ1) is 17.8. The molecule has 0 atom stereocenters. The lowest BCUT2D eigenvalue weighted by Gasteiger charge is -2.34. The molecule has 1 aliphatic rings. The van der Waals surface area contributed by atoms with E-state index in [4.69, 9.17) is 9.15 Å². The van der Waals surface area contributed by atoms with Crippen LogP contribution < -0.4 is 10.1 Å². The van der Waals surface area contributed by atoms with Crippen molar-refractivity contribution >= 4 is 17.6 Å². The molecule has 1 N–H and O–H groups in total. The second-order valence-corrected chi connectivity index (χ2v) is 6.10. The Morgan fingerprint density at radius 3 is 2.54 bits per heavy atom. The number of urea groups is 1. The van der Waals surface area contributed by atoms with Gasteiger partial charge in [-0.2, -0.15) is 0 Å². The molecule has 26 heavy (non-hydrogen) atoms. The van der Waals surface area contributed by atoms with Gasteiger partial charge in [-0.3, -0.25) is 4.79 Å². The third kappa shape index (κ3) is 3.99. The summed E-state index contributed by atoms with van der Waals surface area (Å²) in [6.45, 7) is 6.37. The first-order valence-corrected chi connectivity index (χ1v) is 8.70. The molecule has 1 aromatic heterocycles. The van der Waals surface area contributed by atoms with E-state index in [0.717, 1.165) is 11.3 Å². The number of amides is 3. The first-order valence-electron chi connectivity index (χ1n) is 8.70. The summed E-state index contributed by atoms with van der Waals surface area (Å²) >= 11 is 0. The molecule has 1 aliphatic heterocycles. The van der Waals surface area contributed by atoms with Gasteiger partial charge in [0.25, 0.3) is 5.91 Å². The van der Waals surface area contributed by atoms with Gasteiger partial charge in [0, 0.05) is 37.9 Å². The van der Waals surface area contributed by atoms with Gasteiger partial charge >= 0.3 is 6.03 Å². The van der Waals surface area contributed by atoms with E-state index < -0.39 is 0 Å². The monoisotopic (exact) mass is 357 g/mol. The molecule has 0 spiro atoms. The van der Waals surface area contributed by atoms with E-state index >= 15 is 0 Å². The number of rotatable bonds is 4. The second-order valence-electron chi connectivity index (χ2n) is 6.10. The Bertz CT molecular complexity index is 765. The zero-order valence-corrected chi connectivity index (χ0v) is 15.0. The third-order valence-electron chi connectivity index (χ3n) is 4.33. The number of aryl methyl sites for hydroxylation is 1. The summed E-state index contributed by atoms with van der Waals surface area (Å²) in [6.07, 6.45) is 1.48. The van der Waals surface area contributed by atoms with E-state index in [1.807, 2.05) is 32.0 Å². The quantitative estimate of drug-likeness (QED) is 0.913. The van der Waals surface area contributed by atoms with Crippen molar-refractivity contribution in [1.29, 1.82) is 0 Å². The van der Waals surface area contributed by atoms with Gasteiger partial charge in [-0.25, -0.2) is 4.79 Å². The average molecular weight is 357 g/mol. The average Bonchev–Trinajstić information content (AvgIpc) is 3.19. The lowest BCUT2D eigenvalue weighted by molar-refractivity contribution is 0.0640. The number of nitrogens with zero attached hydrogens (tertiary/aromatic N) is 2. The van der Waals surface area contributed by atoms with E-state index in [9.17, 15) is 9.59 Å². The molecule has 2 heterocycles. The van der Waals surface area contributed by atoms with Crippen LogP contribution >= 0.6 is 0 Å². The zero-order chi connectivity index (χ0) is 18.5. The highest BCUT2D eigenvalue weighted by Gasteiger charge is 2.26. The minimum Gasteiger partial charge on any atom is -0.494 e. The minimum atomic E-state index is -0.179. The molecule has 7 nitrogen and oxygen atoms in total. The van der Waals surface area contributed by atoms with Crippen LogP contribution in [0.25, 0.3) is 0 Å². The normalized spacial score (nSPS) is 14.2. The van der Waals surface area contributed by atoms with Crippen molar-refractivity contribution in [2.45, 2.75) is 13.8 Å². The summed E-state index contributed by atoms with van der Waals surface area (Å²) in [6, 6.07) is 8.76. The number of hydrogen-bond acceptors (Lipinski definition) is 4. The van der Waals surface area contributed by atoms with E-state index in [-0.39, 0.29) is 11.9 Å². The Hall–Kier alpha value is -2.96. The van der Waals surface area contributed by atoms with Crippen molar-refractivity contribution in [1.82, 2.24) is 9.80 Å². The van der Waals surface area contributed by atoms with Crippen LogP contribution in [0, 0.1) is 6.92 Å². The molecule has 0 aliphatic carbocycles. The molecule has 1 aromatic carbocycles. The van der Waals surface area contributed by atoms with Crippen LogP contribution in [0.1, 0.15) is 23.0 Å². The van der Waals surface area contributed by atoms with Gasteiger partial charge in [0.15, 0.2) is 5.76 Å². The number of nitrogens with one attached hydrogen (secondary N) is 1. The van der Waals surface area contributed by atoms with Gasteiger partial charge < -0.3 is 24.3 Å². The van der Waals surface area contributed by atoms with Crippen LogP contribution in [0.3, 0.4) is 0 Å². The van der Waals surface area contributed by atoms with Crippen LogP contribution in [0.5, 0.6) is 5.75 Å². The van der Waals surface area contributed by atoms with Crippen molar-refractivity contribution in [3.63, 3.8) is 0 Å². The number of carbonyl (C=O) groups is 2. The van der Waals surface area contributed by atoms with Crippen molar-refractivity contribution in [2.24, 2.45) is 0 Å². The van der Waals surface area contributed by atoms with Crippen LogP contribution in [0.4, 0.5) is 10.5 Å². The van der Waals surface area contributed by atoms with Gasteiger partial charge in [-0.1, -0.05) is 6.07 Å². The Morgan fingerprint density at radius 1 is 1.15 bits per heavy atom.